The molecule has 1 aromatic heterocycles. The molecule has 0 saturated carbocycles. The lowest BCUT2D eigenvalue weighted by molar-refractivity contribution is -0.135. The van der Waals surface area contributed by atoms with Gasteiger partial charge in [-0.25, -0.2) is 0 Å². The van der Waals surface area contributed by atoms with Gasteiger partial charge in [0.05, 0.1) is 5.41 Å². The number of carbonyl (C=O) groups is 1. The van der Waals surface area contributed by atoms with Crippen molar-refractivity contribution in [3.05, 3.63) is 30.1 Å². The summed E-state index contributed by atoms with van der Waals surface area (Å²) in [6, 6.07) is 3.91. The molecule has 1 amide bonds. The zero-order valence-corrected chi connectivity index (χ0v) is 11.1. The number of amides is 1. The fourth-order valence-electron chi connectivity index (χ4n) is 2.34. The Kier molecular flexibility index (Phi) is 4.87. The van der Waals surface area contributed by atoms with Gasteiger partial charge in [0.2, 0.25) is 5.91 Å². The number of rotatable bonds is 5. The normalized spacial score (nSPS) is 17.9. The molecule has 0 aromatic carbocycles. The molecule has 2 heterocycles. The van der Waals surface area contributed by atoms with Crippen molar-refractivity contribution in [1.82, 2.24) is 10.3 Å². The van der Waals surface area contributed by atoms with Crippen molar-refractivity contribution >= 4 is 5.91 Å². The lowest BCUT2D eigenvalue weighted by Crippen LogP contribution is -2.49. The zero-order valence-electron chi connectivity index (χ0n) is 11.1. The molecule has 1 saturated heterocycles. The number of aromatic nitrogens is 1. The van der Waals surface area contributed by atoms with Gasteiger partial charge in [-0.2, -0.15) is 0 Å². The van der Waals surface area contributed by atoms with Crippen LogP contribution in [0.1, 0.15) is 18.4 Å². The third-order valence-corrected chi connectivity index (χ3v) is 3.74. The maximum Gasteiger partial charge on any atom is 0.227 e. The van der Waals surface area contributed by atoms with E-state index in [0.717, 1.165) is 12.0 Å². The second kappa shape index (κ2) is 6.63. The average molecular weight is 263 g/mol. The molecule has 104 valence electrons. The fraction of sp³-hybridized carbons (Fsp3) is 0.571. The highest BCUT2D eigenvalue weighted by atomic mass is 16.5. The predicted molar refractivity (Wildman–Crippen MR) is 72.5 cm³/mol. The highest BCUT2D eigenvalue weighted by molar-refractivity contribution is 5.83. The highest BCUT2D eigenvalue weighted by Crippen LogP contribution is 2.29. The van der Waals surface area contributed by atoms with E-state index in [9.17, 15) is 4.79 Å². The number of nitrogens with two attached hydrogens (primary N) is 1. The van der Waals surface area contributed by atoms with Gasteiger partial charge < -0.3 is 15.8 Å². The van der Waals surface area contributed by atoms with Gasteiger partial charge in [-0.1, -0.05) is 6.07 Å². The van der Waals surface area contributed by atoms with Crippen LogP contribution in [0.2, 0.25) is 0 Å². The van der Waals surface area contributed by atoms with E-state index in [-0.39, 0.29) is 5.91 Å². The van der Waals surface area contributed by atoms with E-state index < -0.39 is 5.41 Å². The Bertz CT molecular complexity index is 402. The molecule has 0 spiro atoms. The Hall–Kier alpha value is -1.46. The van der Waals surface area contributed by atoms with E-state index in [4.69, 9.17) is 10.5 Å². The summed E-state index contributed by atoms with van der Waals surface area (Å²) < 4.78 is 5.31. The van der Waals surface area contributed by atoms with Crippen molar-refractivity contribution in [2.45, 2.75) is 19.3 Å². The van der Waals surface area contributed by atoms with Crippen molar-refractivity contribution in [3.8, 4) is 0 Å². The molecule has 5 nitrogen and oxygen atoms in total. The van der Waals surface area contributed by atoms with Gasteiger partial charge in [0.25, 0.3) is 0 Å². The largest absolute Gasteiger partial charge is 0.381 e. The van der Waals surface area contributed by atoms with E-state index in [1.165, 1.54) is 0 Å². The molecule has 1 aromatic rings. The van der Waals surface area contributed by atoms with Crippen molar-refractivity contribution in [2.24, 2.45) is 11.1 Å². The number of hydrogen-bond donors (Lipinski definition) is 2. The van der Waals surface area contributed by atoms with E-state index in [1.807, 2.05) is 18.3 Å². The molecular weight excluding hydrogens is 242 g/mol. The summed E-state index contributed by atoms with van der Waals surface area (Å²) in [6.07, 6.45) is 5.77. The van der Waals surface area contributed by atoms with Crippen LogP contribution in [0.4, 0.5) is 0 Å². The summed E-state index contributed by atoms with van der Waals surface area (Å²) >= 11 is 0. The third-order valence-electron chi connectivity index (χ3n) is 3.74. The second-order valence-electron chi connectivity index (χ2n) is 4.96. The van der Waals surface area contributed by atoms with Gasteiger partial charge >= 0.3 is 0 Å². The van der Waals surface area contributed by atoms with E-state index in [0.29, 0.717) is 39.1 Å². The first-order valence-corrected chi connectivity index (χ1v) is 6.72. The number of pyridine rings is 1. The van der Waals surface area contributed by atoms with Crippen molar-refractivity contribution in [3.63, 3.8) is 0 Å². The highest BCUT2D eigenvalue weighted by Gasteiger charge is 2.38. The Balaban J connectivity index is 1.83. The molecule has 2 rings (SSSR count). The minimum absolute atomic E-state index is 0.0576. The van der Waals surface area contributed by atoms with E-state index >= 15 is 0 Å². The molecule has 0 bridgehead atoms. The Morgan fingerprint density at radius 2 is 2.26 bits per heavy atom. The van der Waals surface area contributed by atoms with E-state index in [1.54, 1.807) is 6.20 Å². The number of carbonyl (C=O) groups excluding carboxylic acids is 1. The van der Waals surface area contributed by atoms with Crippen molar-refractivity contribution < 1.29 is 9.53 Å². The van der Waals surface area contributed by atoms with Crippen LogP contribution in [0.5, 0.6) is 0 Å². The van der Waals surface area contributed by atoms with Crippen LogP contribution in [0.15, 0.2) is 24.5 Å². The first-order valence-electron chi connectivity index (χ1n) is 6.72. The molecule has 1 aliphatic heterocycles. The summed E-state index contributed by atoms with van der Waals surface area (Å²) in [4.78, 5) is 16.3. The van der Waals surface area contributed by atoms with Gasteiger partial charge in [-0.3, -0.25) is 9.78 Å². The maximum absolute atomic E-state index is 12.3. The van der Waals surface area contributed by atoms with Crippen LogP contribution in [0.3, 0.4) is 0 Å². The van der Waals surface area contributed by atoms with Crippen LogP contribution >= 0.6 is 0 Å². The standard InChI is InChI=1S/C14H21N3O2/c15-11-14(4-8-19-9-5-14)13(18)17-7-3-12-2-1-6-16-10-12/h1-2,6,10H,3-5,7-9,11,15H2,(H,17,18). The molecule has 19 heavy (non-hydrogen) atoms. The predicted octanol–water partition coefficient (Wildman–Crippen LogP) is 0.496. The van der Waals surface area contributed by atoms with Gasteiger partial charge in [0.15, 0.2) is 0 Å². The lowest BCUT2D eigenvalue weighted by atomic mass is 9.79. The second-order valence-corrected chi connectivity index (χ2v) is 4.96. The maximum atomic E-state index is 12.3. The van der Waals surface area contributed by atoms with Crippen molar-refractivity contribution in [1.29, 1.82) is 0 Å². The number of nitrogens with one attached hydrogen (secondary N) is 1. The monoisotopic (exact) mass is 263 g/mol. The molecule has 5 heteroatoms. The van der Waals surface area contributed by atoms with Crippen LogP contribution in [-0.2, 0) is 16.0 Å². The van der Waals surface area contributed by atoms with E-state index in [2.05, 4.69) is 10.3 Å². The Labute approximate surface area is 113 Å². The molecule has 1 aliphatic rings. The summed E-state index contributed by atoms with van der Waals surface area (Å²) in [5, 5.41) is 2.99. The first-order chi connectivity index (χ1) is 9.27. The van der Waals surface area contributed by atoms with Gasteiger partial charge in [0, 0.05) is 38.7 Å². The molecule has 0 atom stereocenters. The average Bonchev–Trinajstić information content (AvgIpc) is 2.49. The van der Waals surface area contributed by atoms with Crippen molar-refractivity contribution in [2.75, 3.05) is 26.3 Å². The Morgan fingerprint density at radius 3 is 2.89 bits per heavy atom. The van der Waals surface area contributed by atoms with Crippen LogP contribution in [0, 0.1) is 5.41 Å². The molecule has 1 fully saturated rings. The summed E-state index contributed by atoms with van der Waals surface area (Å²) in [7, 11) is 0. The fourth-order valence-corrected chi connectivity index (χ4v) is 2.34. The summed E-state index contributed by atoms with van der Waals surface area (Å²) in [6.45, 7) is 2.24. The molecular formula is C14H21N3O2. The topological polar surface area (TPSA) is 77.2 Å². The number of ether oxygens (including phenoxy) is 1. The first kappa shape index (κ1) is 14.0. The van der Waals surface area contributed by atoms with Gasteiger partial charge in [-0.05, 0) is 30.9 Å². The summed E-state index contributed by atoms with van der Waals surface area (Å²) in [5.74, 6) is 0.0576. The van der Waals surface area contributed by atoms with Crippen LogP contribution in [0.25, 0.3) is 0 Å². The molecule has 0 aliphatic carbocycles. The quantitative estimate of drug-likeness (QED) is 0.811. The number of nitrogens with zero attached hydrogens (tertiary/aromatic N) is 1. The number of hydrogen-bond acceptors (Lipinski definition) is 4. The SMILES string of the molecule is NCC1(C(=O)NCCc2cccnc2)CCOCC1. The van der Waals surface area contributed by atoms with Gasteiger partial charge in [-0.15, -0.1) is 0 Å². The zero-order chi connectivity index (χ0) is 13.6. The molecule has 0 radical (unpaired) electrons. The van der Waals surface area contributed by atoms with Crippen LogP contribution < -0.4 is 11.1 Å². The smallest absolute Gasteiger partial charge is 0.227 e. The molecule has 3 N–H and O–H groups in total. The molecule has 0 unspecified atom stereocenters. The Morgan fingerprint density at radius 1 is 1.47 bits per heavy atom. The van der Waals surface area contributed by atoms with Gasteiger partial charge in [0.1, 0.15) is 0 Å². The summed E-state index contributed by atoms with van der Waals surface area (Å²) in [5.41, 5.74) is 6.48. The third kappa shape index (κ3) is 3.52. The van der Waals surface area contributed by atoms with Crippen LogP contribution in [-0.4, -0.2) is 37.2 Å². The minimum Gasteiger partial charge on any atom is -0.381 e. The lowest BCUT2D eigenvalue weighted by Gasteiger charge is -2.34. The minimum atomic E-state index is -0.437.